The molecule has 0 fully saturated rings. The van der Waals surface area contributed by atoms with Crippen LogP contribution in [0.15, 0.2) is 23.8 Å². The molecule has 62 valence electrons. The third kappa shape index (κ3) is 1.72. The Hall–Kier alpha value is -0.560. The Morgan fingerprint density at radius 2 is 2.09 bits per heavy atom. The van der Waals surface area contributed by atoms with Crippen LogP contribution < -0.4 is 0 Å². The second kappa shape index (κ2) is 2.82. The van der Waals surface area contributed by atoms with Gasteiger partial charge in [-0.15, -0.1) is 0 Å². The summed E-state index contributed by atoms with van der Waals surface area (Å²) in [6.07, 6.45) is 7.90. The molecule has 0 bridgehead atoms. The molecule has 0 radical (unpaired) electrons. The van der Waals surface area contributed by atoms with Crippen LogP contribution in [0.25, 0.3) is 0 Å². The molecule has 1 atom stereocenters. The molecule has 1 aliphatic rings. The minimum Gasteiger partial charge on any atom is -0.300 e. The highest BCUT2D eigenvalue weighted by Gasteiger charge is 2.23. The number of hydrogen-bond donors (Lipinski definition) is 0. The van der Waals surface area contributed by atoms with E-state index in [1.165, 1.54) is 5.57 Å². The van der Waals surface area contributed by atoms with E-state index in [0.717, 1.165) is 6.42 Å². The number of hydrogen-bond acceptors (Lipinski definition) is 1. The smallest absolute Gasteiger partial charge is 0.0394 e. The summed E-state index contributed by atoms with van der Waals surface area (Å²) in [5.74, 6) is 0. The molecule has 0 aliphatic heterocycles. The van der Waals surface area contributed by atoms with Crippen molar-refractivity contribution in [3.63, 3.8) is 0 Å². The molecule has 0 aromatic carbocycles. The summed E-state index contributed by atoms with van der Waals surface area (Å²) >= 11 is 0. The van der Waals surface area contributed by atoms with Crippen LogP contribution in [-0.2, 0) is 0 Å². The van der Waals surface area contributed by atoms with E-state index < -0.39 is 0 Å². The highest BCUT2D eigenvalue weighted by molar-refractivity contribution is 5.26. The van der Waals surface area contributed by atoms with Crippen molar-refractivity contribution in [1.29, 1.82) is 0 Å². The first-order chi connectivity index (χ1) is 5.04. The van der Waals surface area contributed by atoms with Crippen molar-refractivity contribution in [2.75, 3.05) is 14.1 Å². The molecule has 0 N–H and O–H groups in total. The van der Waals surface area contributed by atoms with Gasteiger partial charge in [-0.2, -0.15) is 0 Å². The second-order valence-electron chi connectivity index (χ2n) is 3.74. The number of likely N-dealkylation sites (N-methyl/N-ethyl adjacent to an activating group) is 1. The SMILES string of the molecule is CC1=CCC(C)(N(C)C)C=C1. The zero-order valence-corrected chi connectivity index (χ0v) is 7.89. The average Bonchev–Trinajstić information content (AvgIpc) is 1.95. The molecule has 0 aromatic rings. The minimum atomic E-state index is 0.236. The third-order valence-electron chi connectivity index (χ3n) is 2.56. The minimum absolute atomic E-state index is 0.236. The van der Waals surface area contributed by atoms with Crippen molar-refractivity contribution in [2.24, 2.45) is 0 Å². The van der Waals surface area contributed by atoms with Crippen molar-refractivity contribution in [1.82, 2.24) is 4.90 Å². The van der Waals surface area contributed by atoms with Gasteiger partial charge in [0, 0.05) is 5.54 Å². The molecule has 0 spiro atoms. The van der Waals surface area contributed by atoms with Gasteiger partial charge < -0.3 is 4.90 Å². The topological polar surface area (TPSA) is 3.24 Å². The Kier molecular flexibility index (Phi) is 2.19. The van der Waals surface area contributed by atoms with Crippen molar-refractivity contribution in [3.8, 4) is 0 Å². The maximum absolute atomic E-state index is 2.29. The molecule has 0 amide bonds. The highest BCUT2D eigenvalue weighted by Crippen LogP contribution is 2.24. The van der Waals surface area contributed by atoms with E-state index in [4.69, 9.17) is 0 Å². The fourth-order valence-electron chi connectivity index (χ4n) is 1.15. The second-order valence-corrected chi connectivity index (χ2v) is 3.74. The lowest BCUT2D eigenvalue weighted by Gasteiger charge is -2.34. The predicted molar refractivity (Wildman–Crippen MR) is 49.6 cm³/mol. The van der Waals surface area contributed by atoms with E-state index >= 15 is 0 Å². The number of rotatable bonds is 1. The lowest BCUT2D eigenvalue weighted by Crippen LogP contribution is -2.39. The van der Waals surface area contributed by atoms with Gasteiger partial charge in [0.05, 0.1) is 0 Å². The predicted octanol–water partition coefficient (Wildman–Crippen LogP) is 2.21. The largest absolute Gasteiger partial charge is 0.300 e. The standard InChI is InChI=1S/C10H17N/c1-9-5-7-10(2,8-6-9)11(3)4/h5-7H,8H2,1-4H3. The molecule has 1 unspecified atom stereocenters. The van der Waals surface area contributed by atoms with Crippen molar-refractivity contribution < 1.29 is 0 Å². The van der Waals surface area contributed by atoms with Gasteiger partial charge in [-0.25, -0.2) is 0 Å². The van der Waals surface area contributed by atoms with Gasteiger partial charge in [-0.05, 0) is 34.4 Å². The molecule has 0 saturated carbocycles. The molecule has 1 rings (SSSR count). The van der Waals surface area contributed by atoms with Crippen molar-refractivity contribution in [2.45, 2.75) is 25.8 Å². The zero-order chi connectivity index (χ0) is 8.48. The number of nitrogens with zero attached hydrogens (tertiary/aromatic N) is 1. The van der Waals surface area contributed by atoms with Crippen LogP contribution in [-0.4, -0.2) is 24.5 Å². The molecule has 11 heavy (non-hydrogen) atoms. The van der Waals surface area contributed by atoms with Gasteiger partial charge in [0.2, 0.25) is 0 Å². The average molecular weight is 151 g/mol. The van der Waals surface area contributed by atoms with E-state index in [1.807, 2.05) is 0 Å². The highest BCUT2D eigenvalue weighted by atomic mass is 15.1. The summed E-state index contributed by atoms with van der Waals surface area (Å²) in [5.41, 5.74) is 1.61. The van der Waals surface area contributed by atoms with Gasteiger partial charge in [-0.1, -0.05) is 23.8 Å². The first kappa shape index (κ1) is 8.54. The Labute approximate surface area is 69.4 Å². The fraction of sp³-hybridized carbons (Fsp3) is 0.600. The monoisotopic (exact) mass is 151 g/mol. The summed E-state index contributed by atoms with van der Waals surface area (Å²) in [6, 6.07) is 0. The van der Waals surface area contributed by atoms with Gasteiger partial charge in [0.15, 0.2) is 0 Å². The fourth-order valence-corrected chi connectivity index (χ4v) is 1.15. The lowest BCUT2D eigenvalue weighted by molar-refractivity contribution is 0.230. The molecular formula is C10H17N. The van der Waals surface area contributed by atoms with Gasteiger partial charge >= 0.3 is 0 Å². The summed E-state index contributed by atoms with van der Waals surface area (Å²) < 4.78 is 0. The van der Waals surface area contributed by atoms with Crippen LogP contribution in [0.2, 0.25) is 0 Å². The van der Waals surface area contributed by atoms with Gasteiger partial charge in [-0.3, -0.25) is 0 Å². The van der Waals surface area contributed by atoms with Crippen LogP contribution >= 0.6 is 0 Å². The molecule has 1 heteroatoms. The maximum Gasteiger partial charge on any atom is 0.0394 e. The Balaban J connectivity index is 2.74. The van der Waals surface area contributed by atoms with E-state index in [9.17, 15) is 0 Å². The van der Waals surface area contributed by atoms with Gasteiger partial charge in [0.1, 0.15) is 0 Å². The van der Waals surface area contributed by atoms with E-state index in [1.54, 1.807) is 0 Å². The van der Waals surface area contributed by atoms with Crippen LogP contribution in [0.4, 0.5) is 0 Å². The molecule has 0 aromatic heterocycles. The first-order valence-electron chi connectivity index (χ1n) is 4.08. The summed E-state index contributed by atoms with van der Waals surface area (Å²) in [6.45, 7) is 4.40. The van der Waals surface area contributed by atoms with Gasteiger partial charge in [0.25, 0.3) is 0 Å². The van der Waals surface area contributed by atoms with Crippen LogP contribution in [0, 0.1) is 0 Å². The van der Waals surface area contributed by atoms with Crippen molar-refractivity contribution >= 4 is 0 Å². The quantitative estimate of drug-likeness (QED) is 0.555. The Morgan fingerprint density at radius 1 is 1.45 bits per heavy atom. The van der Waals surface area contributed by atoms with Crippen LogP contribution in [0.1, 0.15) is 20.3 Å². The third-order valence-corrected chi connectivity index (χ3v) is 2.56. The Bertz CT molecular complexity index is 201. The van der Waals surface area contributed by atoms with Crippen LogP contribution in [0.3, 0.4) is 0 Å². The molecule has 1 aliphatic carbocycles. The summed E-state index contributed by atoms with van der Waals surface area (Å²) in [4.78, 5) is 2.26. The molecule has 0 saturated heterocycles. The van der Waals surface area contributed by atoms with E-state index in [0.29, 0.717) is 0 Å². The lowest BCUT2D eigenvalue weighted by atomic mass is 9.90. The van der Waals surface area contributed by atoms with E-state index in [-0.39, 0.29) is 5.54 Å². The summed E-state index contributed by atoms with van der Waals surface area (Å²) in [5, 5.41) is 0. The van der Waals surface area contributed by atoms with Crippen molar-refractivity contribution in [3.05, 3.63) is 23.8 Å². The van der Waals surface area contributed by atoms with Crippen LogP contribution in [0.5, 0.6) is 0 Å². The van der Waals surface area contributed by atoms with E-state index in [2.05, 4.69) is 51.1 Å². The summed E-state index contributed by atoms with van der Waals surface area (Å²) in [7, 11) is 4.25. The normalized spacial score (nSPS) is 30.8. The molecule has 1 nitrogen and oxygen atoms in total. The maximum atomic E-state index is 2.29. The zero-order valence-electron chi connectivity index (χ0n) is 7.89. The first-order valence-corrected chi connectivity index (χ1v) is 4.08. The molecule has 0 heterocycles. The molecular weight excluding hydrogens is 134 g/mol. The Morgan fingerprint density at radius 3 is 2.45 bits per heavy atom. The number of allylic oxidation sites excluding steroid dienone is 2.